The Morgan fingerprint density at radius 2 is 1.26 bits per heavy atom. The van der Waals surface area contributed by atoms with E-state index in [2.05, 4.69) is 20.6 Å². The Bertz CT molecular complexity index is 1320. The second-order valence-electron chi connectivity index (χ2n) is 8.88. The van der Waals surface area contributed by atoms with Crippen LogP contribution in [0.2, 0.25) is 0 Å². The molecule has 2 amide bonds. The van der Waals surface area contributed by atoms with E-state index in [0.717, 1.165) is 16.7 Å². The number of carbonyl (C=O) groups excluding carboxylic acids is 3. The summed E-state index contributed by atoms with van der Waals surface area (Å²) in [4.78, 5) is 46.1. The predicted molar refractivity (Wildman–Crippen MR) is 144 cm³/mol. The molecule has 0 bridgehead atoms. The fourth-order valence-corrected chi connectivity index (χ4v) is 3.88. The molecule has 2 atom stereocenters. The molecule has 0 saturated heterocycles. The number of imidazole rings is 1. The zero-order valence-electron chi connectivity index (χ0n) is 21.3. The van der Waals surface area contributed by atoms with Gasteiger partial charge in [0.1, 0.15) is 25.3 Å². The number of nitrogens with one attached hydrogen (secondary N) is 3. The molecule has 4 rings (SSSR count). The summed E-state index contributed by atoms with van der Waals surface area (Å²) in [6.07, 6.45) is 2.62. The van der Waals surface area contributed by atoms with Crippen molar-refractivity contribution in [1.82, 2.24) is 20.6 Å². The Kier molecular flexibility index (Phi) is 9.83. The first kappa shape index (κ1) is 27.1. The van der Waals surface area contributed by atoms with E-state index < -0.39 is 30.1 Å². The summed E-state index contributed by atoms with van der Waals surface area (Å²) in [5, 5.41) is 5.39. The van der Waals surface area contributed by atoms with Crippen molar-refractivity contribution in [2.24, 2.45) is 0 Å². The lowest BCUT2D eigenvalue weighted by Crippen LogP contribution is -2.53. The number of hydrogen-bond donors (Lipinski definition) is 3. The zero-order chi connectivity index (χ0) is 27.3. The summed E-state index contributed by atoms with van der Waals surface area (Å²) in [6.45, 7) is 0.121. The van der Waals surface area contributed by atoms with E-state index in [1.54, 1.807) is 6.20 Å². The van der Waals surface area contributed by atoms with Gasteiger partial charge in [-0.1, -0.05) is 91.0 Å². The molecule has 0 aliphatic heterocycles. The lowest BCUT2D eigenvalue weighted by atomic mass is 10.0. The maximum atomic E-state index is 13.4. The van der Waals surface area contributed by atoms with E-state index in [9.17, 15) is 14.4 Å². The van der Waals surface area contributed by atoms with Crippen LogP contribution in [-0.4, -0.2) is 40.0 Å². The molecular weight excluding hydrogens is 496 g/mol. The van der Waals surface area contributed by atoms with E-state index in [4.69, 9.17) is 9.47 Å². The van der Waals surface area contributed by atoms with Gasteiger partial charge in [-0.05, 0) is 16.7 Å². The second-order valence-corrected chi connectivity index (χ2v) is 8.88. The Balaban J connectivity index is 1.45. The number of H-pyrrole nitrogens is 1. The van der Waals surface area contributed by atoms with Crippen LogP contribution in [0.5, 0.6) is 0 Å². The Hall–Kier alpha value is -4.92. The maximum Gasteiger partial charge on any atom is 0.408 e. The van der Waals surface area contributed by atoms with Crippen molar-refractivity contribution in [2.45, 2.75) is 38.1 Å². The number of alkyl carbamates (subject to hydrolysis) is 1. The van der Waals surface area contributed by atoms with Gasteiger partial charge < -0.3 is 25.1 Å². The van der Waals surface area contributed by atoms with Gasteiger partial charge in [-0.25, -0.2) is 14.6 Å². The molecule has 0 fully saturated rings. The highest BCUT2D eigenvalue weighted by Gasteiger charge is 2.29. The number of rotatable bonds is 12. The van der Waals surface area contributed by atoms with Gasteiger partial charge in [0.2, 0.25) is 5.91 Å². The monoisotopic (exact) mass is 526 g/mol. The molecule has 0 spiro atoms. The van der Waals surface area contributed by atoms with Crippen LogP contribution < -0.4 is 10.6 Å². The minimum atomic E-state index is -1.03. The molecule has 1 aromatic heterocycles. The number of carbonyl (C=O) groups is 3. The molecule has 200 valence electrons. The van der Waals surface area contributed by atoms with Gasteiger partial charge in [-0.2, -0.15) is 0 Å². The van der Waals surface area contributed by atoms with Crippen LogP contribution in [0.15, 0.2) is 104 Å². The van der Waals surface area contributed by atoms with Gasteiger partial charge in [0.25, 0.3) is 0 Å². The molecule has 0 aliphatic carbocycles. The number of amides is 2. The Morgan fingerprint density at radius 3 is 1.82 bits per heavy atom. The summed E-state index contributed by atoms with van der Waals surface area (Å²) >= 11 is 0. The minimum Gasteiger partial charge on any atom is -0.459 e. The van der Waals surface area contributed by atoms with Gasteiger partial charge in [0.15, 0.2) is 0 Å². The van der Waals surface area contributed by atoms with Crippen molar-refractivity contribution >= 4 is 18.0 Å². The molecule has 39 heavy (non-hydrogen) atoms. The van der Waals surface area contributed by atoms with Crippen LogP contribution in [-0.2, 0) is 45.1 Å². The summed E-state index contributed by atoms with van der Waals surface area (Å²) in [5.41, 5.74) is 3.12. The normalized spacial score (nSPS) is 12.1. The average Bonchev–Trinajstić information content (AvgIpc) is 3.49. The quantitative estimate of drug-likeness (QED) is 0.242. The van der Waals surface area contributed by atoms with Crippen LogP contribution >= 0.6 is 0 Å². The topological polar surface area (TPSA) is 122 Å². The van der Waals surface area contributed by atoms with Crippen molar-refractivity contribution in [3.05, 3.63) is 126 Å². The summed E-state index contributed by atoms with van der Waals surface area (Å²) < 4.78 is 10.9. The van der Waals surface area contributed by atoms with Crippen molar-refractivity contribution in [2.75, 3.05) is 0 Å². The largest absolute Gasteiger partial charge is 0.459 e. The molecule has 3 aromatic carbocycles. The third-order valence-corrected chi connectivity index (χ3v) is 5.91. The van der Waals surface area contributed by atoms with Gasteiger partial charge in [-0.15, -0.1) is 0 Å². The molecule has 0 saturated carbocycles. The smallest absolute Gasteiger partial charge is 0.408 e. The predicted octanol–water partition coefficient (Wildman–Crippen LogP) is 3.72. The van der Waals surface area contributed by atoms with Crippen LogP contribution in [0.3, 0.4) is 0 Å². The first-order valence-electron chi connectivity index (χ1n) is 12.6. The summed E-state index contributed by atoms with van der Waals surface area (Å²) in [7, 11) is 0. The molecule has 0 unspecified atom stereocenters. The number of aromatic amines is 1. The number of hydrogen-bond acceptors (Lipinski definition) is 6. The highest BCUT2D eigenvalue weighted by atomic mass is 16.5. The molecule has 0 aliphatic rings. The second kappa shape index (κ2) is 14.1. The average molecular weight is 527 g/mol. The van der Waals surface area contributed by atoms with Crippen LogP contribution in [0.4, 0.5) is 4.79 Å². The SMILES string of the molecule is O=C(N[C@@H](Cc1cnc[nH]1)C(=O)N[C@H](Cc1ccccc1)C(=O)OCc1ccccc1)OCc1ccccc1. The van der Waals surface area contributed by atoms with E-state index in [1.165, 1.54) is 6.33 Å². The zero-order valence-corrected chi connectivity index (χ0v) is 21.3. The number of aromatic nitrogens is 2. The molecule has 4 aromatic rings. The number of benzene rings is 3. The first-order chi connectivity index (χ1) is 19.1. The molecule has 0 radical (unpaired) electrons. The molecule has 9 nitrogen and oxygen atoms in total. The summed E-state index contributed by atoms with van der Waals surface area (Å²) in [6, 6.07) is 25.8. The summed E-state index contributed by atoms with van der Waals surface area (Å²) in [5.74, 6) is -1.14. The standard InChI is InChI=1S/C30H30N4O5/c35-28(26(17-25-18-31-21-32-25)34-30(37)39-20-24-14-8-3-9-15-24)33-27(16-22-10-4-1-5-11-22)29(36)38-19-23-12-6-2-7-13-23/h1-15,18,21,26-27H,16-17,19-20H2,(H,31,32)(H,33,35)(H,34,37)/t26-,27+/m0/s1. The highest BCUT2D eigenvalue weighted by molar-refractivity contribution is 5.90. The Morgan fingerprint density at radius 1 is 0.692 bits per heavy atom. The fraction of sp³-hybridized carbons (Fsp3) is 0.200. The lowest BCUT2D eigenvalue weighted by molar-refractivity contribution is -0.149. The van der Waals surface area contributed by atoms with Gasteiger partial charge in [0, 0.05) is 24.7 Å². The van der Waals surface area contributed by atoms with E-state index in [1.807, 2.05) is 91.0 Å². The van der Waals surface area contributed by atoms with E-state index in [0.29, 0.717) is 5.69 Å². The third-order valence-electron chi connectivity index (χ3n) is 5.91. The first-order valence-corrected chi connectivity index (χ1v) is 12.6. The van der Waals surface area contributed by atoms with Crippen molar-refractivity contribution in [3.63, 3.8) is 0 Å². The minimum absolute atomic E-state index is 0.0491. The van der Waals surface area contributed by atoms with Crippen molar-refractivity contribution < 1.29 is 23.9 Å². The van der Waals surface area contributed by atoms with Gasteiger partial charge in [-0.3, -0.25) is 4.79 Å². The van der Waals surface area contributed by atoms with E-state index >= 15 is 0 Å². The Labute approximate surface area is 226 Å². The molecule has 1 heterocycles. The van der Waals surface area contributed by atoms with Crippen molar-refractivity contribution in [1.29, 1.82) is 0 Å². The van der Waals surface area contributed by atoms with Crippen LogP contribution in [0.25, 0.3) is 0 Å². The van der Waals surface area contributed by atoms with Gasteiger partial charge >= 0.3 is 12.1 Å². The highest BCUT2D eigenvalue weighted by Crippen LogP contribution is 2.09. The molecular formula is C30H30N4O5. The third kappa shape index (κ3) is 8.85. The van der Waals surface area contributed by atoms with Crippen LogP contribution in [0, 0.1) is 0 Å². The van der Waals surface area contributed by atoms with Crippen LogP contribution in [0.1, 0.15) is 22.4 Å². The molecule has 9 heteroatoms. The lowest BCUT2D eigenvalue weighted by Gasteiger charge is -2.22. The van der Waals surface area contributed by atoms with Gasteiger partial charge in [0.05, 0.1) is 6.33 Å². The fourth-order valence-electron chi connectivity index (χ4n) is 3.88. The number of ether oxygens (including phenoxy) is 2. The number of nitrogens with zero attached hydrogens (tertiary/aromatic N) is 1. The maximum absolute atomic E-state index is 13.4. The van der Waals surface area contributed by atoms with Crippen molar-refractivity contribution in [3.8, 4) is 0 Å². The molecule has 3 N–H and O–H groups in total. The number of esters is 1. The van der Waals surface area contributed by atoms with E-state index in [-0.39, 0.29) is 26.1 Å².